The van der Waals surface area contributed by atoms with E-state index in [0.29, 0.717) is 5.54 Å². The molecule has 0 N–H and O–H groups in total. The summed E-state index contributed by atoms with van der Waals surface area (Å²) in [5.41, 5.74) is 1.88. The Hall–Kier alpha value is -0.860. The van der Waals surface area contributed by atoms with E-state index in [1.54, 1.807) is 0 Å². The summed E-state index contributed by atoms with van der Waals surface area (Å²) in [5, 5.41) is 0. The monoisotopic (exact) mass is 246 g/mol. The van der Waals surface area contributed by atoms with E-state index < -0.39 is 0 Å². The summed E-state index contributed by atoms with van der Waals surface area (Å²) in [7, 11) is 6.73. The van der Waals surface area contributed by atoms with Gasteiger partial charge in [-0.2, -0.15) is 0 Å². The summed E-state index contributed by atoms with van der Waals surface area (Å²) in [6.07, 6.45) is 5.06. The van der Waals surface area contributed by atoms with Crippen LogP contribution in [0.1, 0.15) is 24.8 Å². The van der Waals surface area contributed by atoms with Crippen LogP contribution in [-0.4, -0.2) is 49.6 Å². The molecule has 100 valence electrons. The van der Waals surface area contributed by atoms with E-state index in [2.05, 4.69) is 61.3 Å². The normalized spacial score (nSPS) is 20.2. The summed E-state index contributed by atoms with van der Waals surface area (Å²) in [6, 6.07) is 10.9. The lowest BCUT2D eigenvalue weighted by atomic mass is 9.81. The largest absolute Gasteiger partial charge is 0.306 e. The third-order valence-electron chi connectivity index (χ3n) is 4.59. The highest BCUT2D eigenvalue weighted by Crippen LogP contribution is 2.31. The van der Waals surface area contributed by atoms with Gasteiger partial charge in [0.25, 0.3) is 0 Å². The third-order valence-corrected chi connectivity index (χ3v) is 4.59. The number of nitrogens with zero attached hydrogens (tertiary/aromatic N) is 2. The summed E-state index contributed by atoms with van der Waals surface area (Å²) >= 11 is 0. The highest BCUT2D eigenvalue weighted by molar-refractivity contribution is 5.15. The summed E-state index contributed by atoms with van der Waals surface area (Å²) in [4.78, 5) is 4.91. The van der Waals surface area contributed by atoms with Gasteiger partial charge in [0.2, 0.25) is 0 Å². The average molecular weight is 246 g/mol. The second-order valence-electron chi connectivity index (χ2n) is 5.91. The number of benzene rings is 1. The molecule has 0 aliphatic carbocycles. The van der Waals surface area contributed by atoms with Gasteiger partial charge in [-0.05, 0) is 65.5 Å². The van der Waals surface area contributed by atoms with Crippen molar-refractivity contribution in [2.45, 2.75) is 31.2 Å². The number of likely N-dealkylation sites (tertiary alicyclic amines) is 1. The van der Waals surface area contributed by atoms with Crippen molar-refractivity contribution in [3.63, 3.8) is 0 Å². The molecule has 0 amide bonds. The molecule has 1 fully saturated rings. The van der Waals surface area contributed by atoms with Crippen LogP contribution in [0, 0.1) is 0 Å². The van der Waals surface area contributed by atoms with Crippen LogP contribution in [0.5, 0.6) is 0 Å². The fourth-order valence-electron chi connectivity index (χ4n) is 2.98. The topological polar surface area (TPSA) is 6.48 Å². The van der Waals surface area contributed by atoms with Gasteiger partial charge >= 0.3 is 0 Å². The zero-order valence-electron chi connectivity index (χ0n) is 12.0. The molecule has 0 unspecified atom stereocenters. The van der Waals surface area contributed by atoms with Crippen LogP contribution in [-0.2, 0) is 6.42 Å². The lowest BCUT2D eigenvalue weighted by Gasteiger charge is -2.45. The molecule has 0 radical (unpaired) electrons. The van der Waals surface area contributed by atoms with Gasteiger partial charge in [0, 0.05) is 5.54 Å². The number of piperidine rings is 1. The SMILES string of the molecule is CN1CCC(CCc2ccccc2)(N(C)C)CC1. The standard InChI is InChI=1S/C16H26N2/c1-17(2)16(11-13-18(3)14-12-16)10-9-15-7-5-4-6-8-15/h4-8H,9-14H2,1-3H3. The van der Waals surface area contributed by atoms with Crippen molar-refractivity contribution in [3.8, 4) is 0 Å². The molecule has 1 saturated heterocycles. The Kier molecular flexibility index (Phi) is 4.41. The van der Waals surface area contributed by atoms with Gasteiger partial charge in [-0.1, -0.05) is 30.3 Å². The smallest absolute Gasteiger partial charge is 0.0231 e. The molecule has 2 nitrogen and oxygen atoms in total. The van der Waals surface area contributed by atoms with Crippen molar-refractivity contribution in [1.29, 1.82) is 0 Å². The maximum Gasteiger partial charge on any atom is 0.0231 e. The minimum atomic E-state index is 0.405. The Balaban J connectivity index is 1.99. The Morgan fingerprint density at radius 3 is 2.28 bits per heavy atom. The zero-order valence-corrected chi connectivity index (χ0v) is 12.0. The fraction of sp³-hybridized carbons (Fsp3) is 0.625. The molecule has 1 aliphatic rings. The zero-order chi connectivity index (χ0) is 13.0. The van der Waals surface area contributed by atoms with Crippen LogP contribution < -0.4 is 0 Å². The highest BCUT2D eigenvalue weighted by atomic mass is 15.2. The molecule has 18 heavy (non-hydrogen) atoms. The van der Waals surface area contributed by atoms with E-state index in [4.69, 9.17) is 0 Å². The van der Waals surface area contributed by atoms with Crippen molar-refractivity contribution in [1.82, 2.24) is 9.80 Å². The first-order valence-corrected chi connectivity index (χ1v) is 7.02. The van der Waals surface area contributed by atoms with Crippen LogP contribution in [0.15, 0.2) is 30.3 Å². The Morgan fingerprint density at radius 1 is 1.11 bits per heavy atom. The highest BCUT2D eigenvalue weighted by Gasteiger charge is 2.35. The molecular weight excluding hydrogens is 220 g/mol. The predicted octanol–water partition coefficient (Wildman–Crippen LogP) is 2.65. The van der Waals surface area contributed by atoms with Crippen LogP contribution in [0.2, 0.25) is 0 Å². The second-order valence-corrected chi connectivity index (χ2v) is 5.91. The van der Waals surface area contributed by atoms with Crippen LogP contribution >= 0.6 is 0 Å². The van der Waals surface area contributed by atoms with E-state index in [1.807, 2.05) is 0 Å². The van der Waals surface area contributed by atoms with Crippen LogP contribution in [0.4, 0.5) is 0 Å². The lowest BCUT2D eigenvalue weighted by molar-refractivity contribution is 0.0590. The van der Waals surface area contributed by atoms with Crippen molar-refractivity contribution in [3.05, 3.63) is 35.9 Å². The van der Waals surface area contributed by atoms with E-state index in [1.165, 1.54) is 44.3 Å². The molecule has 0 spiro atoms. The van der Waals surface area contributed by atoms with Gasteiger partial charge in [0.1, 0.15) is 0 Å². The molecule has 2 heteroatoms. The number of aryl methyl sites for hydroxylation is 1. The average Bonchev–Trinajstić information content (AvgIpc) is 2.39. The van der Waals surface area contributed by atoms with Crippen LogP contribution in [0.3, 0.4) is 0 Å². The molecular formula is C16H26N2. The predicted molar refractivity (Wildman–Crippen MR) is 77.9 cm³/mol. The molecule has 1 aromatic rings. The molecule has 1 aromatic carbocycles. The number of hydrogen-bond donors (Lipinski definition) is 0. The van der Waals surface area contributed by atoms with Crippen molar-refractivity contribution in [2.75, 3.05) is 34.2 Å². The van der Waals surface area contributed by atoms with Gasteiger partial charge in [-0.15, -0.1) is 0 Å². The fourth-order valence-corrected chi connectivity index (χ4v) is 2.98. The first kappa shape index (κ1) is 13.6. The number of rotatable bonds is 4. The first-order valence-electron chi connectivity index (χ1n) is 7.02. The molecule has 0 bridgehead atoms. The summed E-state index contributed by atoms with van der Waals surface area (Å²) < 4.78 is 0. The summed E-state index contributed by atoms with van der Waals surface area (Å²) in [5.74, 6) is 0. The van der Waals surface area contributed by atoms with Gasteiger partial charge in [-0.3, -0.25) is 0 Å². The van der Waals surface area contributed by atoms with Crippen molar-refractivity contribution in [2.24, 2.45) is 0 Å². The first-order chi connectivity index (χ1) is 8.62. The minimum Gasteiger partial charge on any atom is -0.306 e. The molecule has 1 aliphatic heterocycles. The minimum absolute atomic E-state index is 0.405. The maximum absolute atomic E-state index is 2.46. The third kappa shape index (κ3) is 3.12. The van der Waals surface area contributed by atoms with Crippen LogP contribution in [0.25, 0.3) is 0 Å². The maximum atomic E-state index is 2.46. The molecule has 0 aromatic heterocycles. The Labute approximate surface area is 112 Å². The molecule has 0 atom stereocenters. The number of hydrogen-bond acceptors (Lipinski definition) is 2. The van der Waals surface area contributed by atoms with Crippen molar-refractivity contribution < 1.29 is 0 Å². The van der Waals surface area contributed by atoms with Crippen molar-refractivity contribution >= 4 is 0 Å². The quantitative estimate of drug-likeness (QED) is 0.806. The van der Waals surface area contributed by atoms with E-state index in [0.717, 1.165) is 0 Å². The van der Waals surface area contributed by atoms with Gasteiger partial charge in [0.05, 0.1) is 0 Å². The molecule has 1 heterocycles. The lowest BCUT2D eigenvalue weighted by Crippen LogP contribution is -2.52. The Bertz CT molecular complexity index is 351. The molecule has 0 saturated carbocycles. The molecule has 2 rings (SSSR count). The van der Waals surface area contributed by atoms with E-state index in [-0.39, 0.29) is 0 Å². The second kappa shape index (κ2) is 5.85. The van der Waals surface area contributed by atoms with Gasteiger partial charge in [-0.25, -0.2) is 0 Å². The van der Waals surface area contributed by atoms with Gasteiger partial charge in [0.15, 0.2) is 0 Å². The van der Waals surface area contributed by atoms with E-state index >= 15 is 0 Å². The Morgan fingerprint density at radius 2 is 1.72 bits per heavy atom. The van der Waals surface area contributed by atoms with E-state index in [9.17, 15) is 0 Å². The van der Waals surface area contributed by atoms with Gasteiger partial charge < -0.3 is 9.80 Å². The summed E-state index contributed by atoms with van der Waals surface area (Å²) in [6.45, 7) is 2.46.